The molecule has 0 spiro atoms. The zero-order chi connectivity index (χ0) is 15.2. The van der Waals surface area contributed by atoms with Gasteiger partial charge in [-0.05, 0) is 36.8 Å². The lowest BCUT2D eigenvalue weighted by molar-refractivity contribution is 0.0955. The van der Waals surface area contributed by atoms with Gasteiger partial charge in [-0.2, -0.15) is 5.10 Å². The topological polar surface area (TPSA) is 44.7 Å². The summed E-state index contributed by atoms with van der Waals surface area (Å²) in [5.74, 6) is -0.219. The van der Waals surface area contributed by atoms with Crippen LogP contribution in [0, 0.1) is 6.92 Å². The second-order valence-corrected chi connectivity index (χ2v) is 5.05. The van der Waals surface area contributed by atoms with Crippen molar-refractivity contribution in [2.75, 3.05) is 19.0 Å². The molecular weight excluding hydrogens is 262 g/mol. The average Bonchev–Trinajstić information content (AvgIpc) is 2.49. The number of carbonyl (C=O) groups excluding carboxylic acids is 1. The molecule has 2 aromatic carbocycles. The van der Waals surface area contributed by atoms with Crippen LogP contribution < -0.4 is 10.3 Å². The maximum atomic E-state index is 11.9. The Morgan fingerprint density at radius 1 is 1.05 bits per heavy atom. The van der Waals surface area contributed by atoms with Crippen molar-refractivity contribution in [1.29, 1.82) is 0 Å². The number of rotatable bonds is 4. The van der Waals surface area contributed by atoms with E-state index >= 15 is 0 Å². The monoisotopic (exact) mass is 281 g/mol. The molecule has 0 unspecified atom stereocenters. The number of nitrogens with zero attached hydrogens (tertiary/aromatic N) is 2. The Hall–Kier alpha value is -2.62. The standard InChI is InChI=1S/C17H19N3O/c1-13-4-6-14(7-5-13)12-18-19-17(21)15-8-10-16(11-9-15)20(2)3/h4-12H,1-3H3,(H,19,21)/b18-12+. The van der Waals surface area contributed by atoms with Crippen molar-refractivity contribution >= 4 is 17.8 Å². The van der Waals surface area contributed by atoms with Crippen molar-refractivity contribution < 1.29 is 4.79 Å². The van der Waals surface area contributed by atoms with Crippen molar-refractivity contribution in [1.82, 2.24) is 5.43 Å². The van der Waals surface area contributed by atoms with Crippen molar-refractivity contribution in [3.05, 3.63) is 65.2 Å². The minimum atomic E-state index is -0.219. The van der Waals surface area contributed by atoms with Crippen molar-refractivity contribution in [2.24, 2.45) is 5.10 Å². The molecule has 0 atom stereocenters. The van der Waals surface area contributed by atoms with E-state index in [1.54, 1.807) is 18.3 Å². The van der Waals surface area contributed by atoms with Crippen LogP contribution in [0.5, 0.6) is 0 Å². The quantitative estimate of drug-likeness (QED) is 0.692. The lowest BCUT2D eigenvalue weighted by atomic mass is 10.2. The van der Waals surface area contributed by atoms with E-state index in [1.807, 2.05) is 62.3 Å². The van der Waals surface area contributed by atoms with Crippen molar-refractivity contribution in [3.8, 4) is 0 Å². The van der Waals surface area contributed by atoms with Crippen molar-refractivity contribution in [2.45, 2.75) is 6.92 Å². The summed E-state index contributed by atoms with van der Waals surface area (Å²) < 4.78 is 0. The predicted molar refractivity (Wildman–Crippen MR) is 87.0 cm³/mol. The first-order chi connectivity index (χ1) is 10.1. The first kappa shape index (κ1) is 14.8. The smallest absolute Gasteiger partial charge is 0.271 e. The minimum absolute atomic E-state index is 0.219. The van der Waals surface area contributed by atoms with E-state index in [-0.39, 0.29) is 5.91 Å². The molecule has 1 N–H and O–H groups in total. The highest BCUT2D eigenvalue weighted by Crippen LogP contribution is 2.12. The van der Waals surface area contributed by atoms with Gasteiger partial charge in [0.1, 0.15) is 0 Å². The van der Waals surface area contributed by atoms with E-state index in [1.165, 1.54) is 5.56 Å². The van der Waals surface area contributed by atoms with Gasteiger partial charge in [-0.3, -0.25) is 4.79 Å². The van der Waals surface area contributed by atoms with Crippen LogP contribution in [0.15, 0.2) is 53.6 Å². The predicted octanol–water partition coefficient (Wildman–Crippen LogP) is 2.82. The first-order valence-corrected chi connectivity index (χ1v) is 6.74. The molecule has 0 aliphatic carbocycles. The van der Waals surface area contributed by atoms with Crippen LogP contribution in [-0.2, 0) is 0 Å². The molecular formula is C17H19N3O. The molecule has 0 radical (unpaired) electrons. The highest BCUT2D eigenvalue weighted by atomic mass is 16.2. The fraction of sp³-hybridized carbons (Fsp3) is 0.176. The third-order valence-corrected chi connectivity index (χ3v) is 3.10. The molecule has 2 aromatic rings. The Balaban J connectivity index is 1.96. The summed E-state index contributed by atoms with van der Waals surface area (Å²) in [6.07, 6.45) is 1.63. The molecule has 0 bridgehead atoms. The summed E-state index contributed by atoms with van der Waals surface area (Å²) in [7, 11) is 3.92. The van der Waals surface area contributed by atoms with Gasteiger partial charge in [0.25, 0.3) is 5.91 Å². The number of carbonyl (C=O) groups is 1. The van der Waals surface area contributed by atoms with Crippen LogP contribution in [-0.4, -0.2) is 26.2 Å². The molecule has 21 heavy (non-hydrogen) atoms. The molecule has 4 nitrogen and oxygen atoms in total. The number of benzene rings is 2. The SMILES string of the molecule is Cc1ccc(/C=N/NC(=O)c2ccc(N(C)C)cc2)cc1. The molecule has 1 amide bonds. The van der Waals surface area contributed by atoms with Crippen LogP contribution >= 0.6 is 0 Å². The van der Waals surface area contributed by atoms with Gasteiger partial charge in [0.2, 0.25) is 0 Å². The van der Waals surface area contributed by atoms with Gasteiger partial charge in [0, 0.05) is 25.3 Å². The summed E-state index contributed by atoms with van der Waals surface area (Å²) in [6.45, 7) is 2.03. The third kappa shape index (κ3) is 4.18. The number of hydrazone groups is 1. The molecule has 0 aromatic heterocycles. The summed E-state index contributed by atoms with van der Waals surface area (Å²) >= 11 is 0. The highest BCUT2D eigenvalue weighted by Gasteiger charge is 2.04. The van der Waals surface area contributed by atoms with Gasteiger partial charge in [-0.25, -0.2) is 5.43 Å². The molecule has 0 fully saturated rings. The molecule has 108 valence electrons. The van der Waals surface area contributed by atoms with E-state index in [9.17, 15) is 4.79 Å². The number of hydrogen-bond acceptors (Lipinski definition) is 3. The molecule has 4 heteroatoms. The minimum Gasteiger partial charge on any atom is -0.378 e. The van der Waals surface area contributed by atoms with Gasteiger partial charge < -0.3 is 4.90 Å². The fourth-order valence-corrected chi connectivity index (χ4v) is 1.79. The summed E-state index contributed by atoms with van der Waals surface area (Å²) in [5, 5.41) is 3.97. The Bertz CT molecular complexity index is 628. The largest absolute Gasteiger partial charge is 0.378 e. The van der Waals surface area contributed by atoms with E-state index in [0.29, 0.717) is 5.56 Å². The van der Waals surface area contributed by atoms with Gasteiger partial charge in [0.05, 0.1) is 6.21 Å². The second kappa shape index (κ2) is 6.70. The van der Waals surface area contributed by atoms with Gasteiger partial charge in [-0.1, -0.05) is 29.8 Å². The number of amides is 1. The Morgan fingerprint density at radius 3 is 2.24 bits per heavy atom. The summed E-state index contributed by atoms with van der Waals surface area (Å²) in [4.78, 5) is 13.9. The Labute approximate surface area is 125 Å². The Morgan fingerprint density at radius 2 is 1.67 bits per heavy atom. The highest BCUT2D eigenvalue weighted by molar-refractivity contribution is 5.95. The second-order valence-electron chi connectivity index (χ2n) is 5.05. The van der Waals surface area contributed by atoms with Crippen LogP contribution in [0.4, 0.5) is 5.69 Å². The molecule has 2 rings (SSSR count). The van der Waals surface area contributed by atoms with Crippen LogP contribution in [0.2, 0.25) is 0 Å². The molecule has 0 heterocycles. The van der Waals surface area contributed by atoms with E-state index in [2.05, 4.69) is 10.5 Å². The molecule has 0 aliphatic rings. The van der Waals surface area contributed by atoms with Crippen LogP contribution in [0.3, 0.4) is 0 Å². The van der Waals surface area contributed by atoms with Crippen molar-refractivity contribution in [3.63, 3.8) is 0 Å². The lowest BCUT2D eigenvalue weighted by Gasteiger charge is -2.12. The van der Waals surface area contributed by atoms with E-state index in [4.69, 9.17) is 0 Å². The van der Waals surface area contributed by atoms with Gasteiger partial charge >= 0.3 is 0 Å². The van der Waals surface area contributed by atoms with Gasteiger partial charge in [0.15, 0.2) is 0 Å². The fourth-order valence-electron chi connectivity index (χ4n) is 1.79. The van der Waals surface area contributed by atoms with Crippen LogP contribution in [0.1, 0.15) is 21.5 Å². The normalized spacial score (nSPS) is 10.6. The maximum absolute atomic E-state index is 11.9. The number of aryl methyl sites for hydroxylation is 1. The first-order valence-electron chi connectivity index (χ1n) is 6.74. The van der Waals surface area contributed by atoms with E-state index in [0.717, 1.165) is 11.3 Å². The van der Waals surface area contributed by atoms with Crippen LogP contribution in [0.25, 0.3) is 0 Å². The van der Waals surface area contributed by atoms with E-state index < -0.39 is 0 Å². The zero-order valence-electron chi connectivity index (χ0n) is 12.5. The number of nitrogens with one attached hydrogen (secondary N) is 1. The lowest BCUT2D eigenvalue weighted by Crippen LogP contribution is -2.17. The zero-order valence-corrected chi connectivity index (χ0v) is 12.5. The summed E-state index contributed by atoms with van der Waals surface area (Å²) in [6, 6.07) is 15.3. The molecule has 0 saturated heterocycles. The summed E-state index contributed by atoms with van der Waals surface area (Å²) in [5.41, 5.74) is 6.30. The maximum Gasteiger partial charge on any atom is 0.271 e. The average molecular weight is 281 g/mol. The Kier molecular flexibility index (Phi) is 4.72. The molecule has 0 aliphatic heterocycles. The number of anilines is 1. The number of hydrogen-bond donors (Lipinski definition) is 1. The van der Waals surface area contributed by atoms with Gasteiger partial charge in [-0.15, -0.1) is 0 Å². The third-order valence-electron chi connectivity index (χ3n) is 3.10. The molecule has 0 saturated carbocycles.